The standard InChI is InChI=1S/C18H25Cl2NO3/c1-17(2,3)24-16(22)21-13(11-23-18(21,4)5)8-6-12-7-9-14(19)15(20)10-12/h7,9-10,13H,6,8,11H2,1-5H3/t13-/m0/s1. The summed E-state index contributed by atoms with van der Waals surface area (Å²) in [5.41, 5.74) is -0.132. The summed E-state index contributed by atoms with van der Waals surface area (Å²) >= 11 is 12.0. The van der Waals surface area contributed by atoms with E-state index < -0.39 is 11.3 Å². The van der Waals surface area contributed by atoms with Crippen LogP contribution in [-0.2, 0) is 15.9 Å². The van der Waals surface area contributed by atoms with Crippen LogP contribution in [0.1, 0.15) is 46.6 Å². The van der Waals surface area contributed by atoms with Gasteiger partial charge in [0.1, 0.15) is 11.3 Å². The Balaban J connectivity index is 2.07. The fourth-order valence-electron chi connectivity index (χ4n) is 2.80. The zero-order valence-corrected chi connectivity index (χ0v) is 16.4. The Morgan fingerprint density at radius 3 is 2.58 bits per heavy atom. The van der Waals surface area contributed by atoms with Crippen molar-refractivity contribution in [3.8, 4) is 0 Å². The first-order chi connectivity index (χ1) is 11.0. The van der Waals surface area contributed by atoms with Crippen molar-refractivity contribution in [2.75, 3.05) is 6.61 Å². The van der Waals surface area contributed by atoms with Gasteiger partial charge >= 0.3 is 6.09 Å². The lowest BCUT2D eigenvalue weighted by Crippen LogP contribution is -2.49. The molecule has 6 heteroatoms. The van der Waals surface area contributed by atoms with Gasteiger partial charge in [0.15, 0.2) is 0 Å². The summed E-state index contributed by atoms with van der Waals surface area (Å²) in [6.45, 7) is 9.85. The van der Waals surface area contributed by atoms with Gasteiger partial charge in [0.05, 0.1) is 22.7 Å². The number of nitrogens with zero attached hydrogens (tertiary/aromatic N) is 1. The van der Waals surface area contributed by atoms with Gasteiger partial charge in [-0.25, -0.2) is 4.79 Å². The molecule has 0 unspecified atom stereocenters. The molecule has 1 aromatic carbocycles. The highest BCUT2D eigenvalue weighted by Gasteiger charge is 2.45. The van der Waals surface area contributed by atoms with E-state index in [9.17, 15) is 4.79 Å². The van der Waals surface area contributed by atoms with E-state index in [1.807, 2.05) is 46.8 Å². The molecule has 1 aromatic rings. The van der Waals surface area contributed by atoms with Crippen LogP contribution in [0.4, 0.5) is 4.79 Å². The molecule has 1 fully saturated rings. The lowest BCUT2D eigenvalue weighted by atomic mass is 10.0. The Morgan fingerprint density at radius 2 is 2.00 bits per heavy atom. The maximum atomic E-state index is 12.6. The molecular weight excluding hydrogens is 349 g/mol. The van der Waals surface area contributed by atoms with Gasteiger partial charge in [-0.15, -0.1) is 0 Å². The van der Waals surface area contributed by atoms with Gasteiger partial charge in [0.2, 0.25) is 0 Å². The van der Waals surface area contributed by atoms with Crippen molar-refractivity contribution in [1.29, 1.82) is 0 Å². The number of carbonyl (C=O) groups is 1. The maximum Gasteiger partial charge on any atom is 0.412 e. The number of rotatable bonds is 3. The highest BCUT2D eigenvalue weighted by Crippen LogP contribution is 2.32. The smallest absolute Gasteiger partial charge is 0.412 e. The molecule has 1 atom stereocenters. The second-order valence-electron chi connectivity index (χ2n) is 7.55. The van der Waals surface area contributed by atoms with E-state index in [-0.39, 0.29) is 12.1 Å². The third-order valence-corrected chi connectivity index (χ3v) is 4.65. The van der Waals surface area contributed by atoms with Crippen molar-refractivity contribution in [1.82, 2.24) is 4.90 Å². The molecular formula is C18H25Cl2NO3. The van der Waals surface area contributed by atoms with Crippen LogP contribution in [0.25, 0.3) is 0 Å². The molecule has 2 rings (SSSR count). The minimum absolute atomic E-state index is 0.0377. The van der Waals surface area contributed by atoms with Gasteiger partial charge in [0, 0.05) is 0 Å². The van der Waals surface area contributed by atoms with E-state index in [0.717, 1.165) is 18.4 Å². The van der Waals surface area contributed by atoms with Crippen LogP contribution >= 0.6 is 23.2 Å². The Morgan fingerprint density at radius 1 is 1.33 bits per heavy atom. The molecule has 0 bridgehead atoms. The summed E-state index contributed by atoms with van der Waals surface area (Å²) in [5, 5.41) is 1.09. The van der Waals surface area contributed by atoms with E-state index in [2.05, 4.69) is 0 Å². The van der Waals surface area contributed by atoms with E-state index in [1.54, 1.807) is 11.0 Å². The average Bonchev–Trinajstić information content (AvgIpc) is 2.73. The number of amides is 1. The zero-order chi connectivity index (χ0) is 18.1. The first-order valence-electron chi connectivity index (χ1n) is 8.10. The van der Waals surface area contributed by atoms with Crippen LogP contribution in [0.2, 0.25) is 10.0 Å². The molecule has 24 heavy (non-hydrogen) atoms. The third-order valence-electron chi connectivity index (χ3n) is 3.91. The third kappa shape index (κ3) is 4.78. The van der Waals surface area contributed by atoms with Crippen LogP contribution in [0, 0.1) is 0 Å². The number of carbonyl (C=O) groups excluding carboxylic acids is 1. The molecule has 0 aromatic heterocycles. The lowest BCUT2D eigenvalue weighted by molar-refractivity contribution is -0.0626. The summed E-state index contributed by atoms with van der Waals surface area (Å²) in [7, 11) is 0. The second kappa shape index (κ2) is 7.11. The Bertz CT molecular complexity index is 611. The van der Waals surface area contributed by atoms with E-state index in [0.29, 0.717) is 16.7 Å². The Kier molecular flexibility index (Phi) is 5.73. The molecule has 0 saturated carbocycles. The molecule has 1 amide bonds. The molecule has 1 saturated heterocycles. The van der Waals surface area contributed by atoms with Crippen LogP contribution in [0.3, 0.4) is 0 Å². The number of hydrogen-bond acceptors (Lipinski definition) is 3. The number of aryl methyl sites for hydroxylation is 1. The SMILES string of the molecule is CC(C)(C)OC(=O)N1[C@@H](CCc2ccc(Cl)c(Cl)c2)COC1(C)C. The number of ether oxygens (including phenoxy) is 2. The summed E-state index contributed by atoms with van der Waals surface area (Å²) in [6, 6.07) is 5.57. The van der Waals surface area contributed by atoms with E-state index in [1.165, 1.54) is 0 Å². The quantitative estimate of drug-likeness (QED) is 0.721. The lowest BCUT2D eigenvalue weighted by Gasteiger charge is -2.35. The van der Waals surface area contributed by atoms with Crippen LogP contribution in [0.5, 0.6) is 0 Å². The van der Waals surface area contributed by atoms with Crippen LogP contribution in [0.15, 0.2) is 18.2 Å². The van der Waals surface area contributed by atoms with E-state index in [4.69, 9.17) is 32.7 Å². The van der Waals surface area contributed by atoms with Crippen molar-refractivity contribution >= 4 is 29.3 Å². The predicted molar refractivity (Wildman–Crippen MR) is 96.7 cm³/mol. The van der Waals surface area contributed by atoms with Gasteiger partial charge in [-0.3, -0.25) is 4.90 Å². The van der Waals surface area contributed by atoms with Crippen molar-refractivity contribution in [2.45, 2.75) is 64.8 Å². The Hall–Kier alpha value is -0.970. The monoisotopic (exact) mass is 373 g/mol. The van der Waals surface area contributed by atoms with Gasteiger partial charge in [-0.05, 0) is 65.2 Å². The minimum atomic E-state index is -0.676. The highest BCUT2D eigenvalue weighted by atomic mass is 35.5. The molecule has 1 aliphatic rings. The topological polar surface area (TPSA) is 38.8 Å². The molecule has 1 heterocycles. The van der Waals surface area contributed by atoms with Gasteiger partial charge in [-0.2, -0.15) is 0 Å². The van der Waals surface area contributed by atoms with Crippen molar-refractivity contribution < 1.29 is 14.3 Å². The predicted octanol–water partition coefficient (Wildman–Crippen LogP) is 5.30. The van der Waals surface area contributed by atoms with Gasteiger partial charge in [0.25, 0.3) is 0 Å². The highest BCUT2D eigenvalue weighted by molar-refractivity contribution is 6.42. The fraction of sp³-hybridized carbons (Fsp3) is 0.611. The first kappa shape index (κ1) is 19.4. The van der Waals surface area contributed by atoms with Gasteiger partial charge < -0.3 is 9.47 Å². The van der Waals surface area contributed by atoms with Crippen LogP contribution < -0.4 is 0 Å². The fourth-order valence-corrected chi connectivity index (χ4v) is 3.13. The molecule has 0 radical (unpaired) electrons. The summed E-state index contributed by atoms with van der Waals surface area (Å²) in [5.74, 6) is 0. The minimum Gasteiger partial charge on any atom is -0.444 e. The largest absolute Gasteiger partial charge is 0.444 e. The first-order valence-corrected chi connectivity index (χ1v) is 8.85. The summed E-state index contributed by atoms with van der Waals surface area (Å²) < 4.78 is 11.4. The summed E-state index contributed by atoms with van der Waals surface area (Å²) in [4.78, 5) is 14.3. The van der Waals surface area contributed by atoms with Crippen molar-refractivity contribution in [3.63, 3.8) is 0 Å². The number of hydrogen-bond donors (Lipinski definition) is 0. The van der Waals surface area contributed by atoms with Crippen molar-refractivity contribution in [3.05, 3.63) is 33.8 Å². The zero-order valence-electron chi connectivity index (χ0n) is 14.9. The molecule has 4 nitrogen and oxygen atoms in total. The summed E-state index contributed by atoms with van der Waals surface area (Å²) in [6.07, 6.45) is 1.20. The van der Waals surface area contributed by atoms with Gasteiger partial charge in [-0.1, -0.05) is 29.3 Å². The average molecular weight is 374 g/mol. The molecule has 0 N–H and O–H groups in total. The molecule has 0 spiro atoms. The van der Waals surface area contributed by atoms with E-state index >= 15 is 0 Å². The molecule has 134 valence electrons. The van der Waals surface area contributed by atoms with Crippen LogP contribution in [-0.4, -0.2) is 35.0 Å². The maximum absolute atomic E-state index is 12.6. The number of benzene rings is 1. The van der Waals surface area contributed by atoms with Crippen molar-refractivity contribution in [2.24, 2.45) is 0 Å². The Labute approximate surface area is 154 Å². The molecule has 0 aliphatic carbocycles. The molecule has 1 aliphatic heterocycles. The number of halogens is 2. The normalized spacial score (nSPS) is 20.3. The second-order valence-corrected chi connectivity index (χ2v) is 8.36.